The summed E-state index contributed by atoms with van der Waals surface area (Å²) in [6, 6.07) is 8.54. The Morgan fingerprint density at radius 2 is 1.61 bits per heavy atom. The molecule has 0 unspecified atom stereocenters. The van der Waals surface area contributed by atoms with Crippen LogP contribution in [0, 0.1) is 0 Å². The Kier molecular flexibility index (Phi) is 6.76. The standard InChI is InChI=1S/C23H35N3O2/c1-4-21(27)24-20-10-8-19(9-11-20)23(12-6-5-7-13-23)22(28)26-16-14-25(15-17-26)18(2)3/h8-11,18H,4-7,12-17H2,1-3H3,(H,24,27). The van der Waals surface area contributed by atoms with Crippen LogP contribution in [-0.2, 0) is 15.0 Å². The number of benzene rings is 1. The summed E-state index contributed by atoms with van der Waals surface area (Å²) in [5.41, 5.74) is 1.52. The zero-order valence-corrected chi connectivity index (χ0v) is 17.7. The van der Waals surface area contributed by atoms with Crippen molar-refractivity contribution in [2.45, 2.75) is 70.8 Å². The molecule has 5 heteroatoms. The predicted molar refractivity (Wildman–Crippen MR) is 113 cm³/mol. The molecule has 0 spiro atoms. The lowest BCUT2D eigenvalue weighted by molar-refractivity contribution is -0.141. The van der Waals surface area contributed by atoms with Gasteiger partial charge in [0.2, 0.25) is 11.8 Å². The number of carbonyl (C=O) groups excluding carboxylic acids is 2. The van der Waals surface area contributed by atoms with Gasteiger partial charge in [-0.25, -0.2) is 0 Å². The summed E-state index contributed by atoms with van der Waals surface area (Å²) in [5, 5.41) is 2.90. The van der Waals surface area contributed by atoms with E-state index in [0.29, 0.717) is 18.4 Å². The number of nitrogens with zero attached hydrogens (tertiary/aromatic N) is 2. The van der Waals surface area contributed by atoms with Gasteiger partial charge in [0, 0.05) is 44.3 Å². The second-order valence-electron chi connectivity index (χ2n) is 8.54. The number of carbonyl (C=O) groups is 2. The van der Waals surface area contributed by atoms with Gasteiger partial charge in [-0.2, -0.15) is 0 Å². The lowest BCUT2D eigenvalue weighted by Crippen LogP contribution is -2.56. The highest BCUT2D eigenvalue weighted by Crippen LogP contribution is 2.41. The van der Waals surface area contributed by atoms with Gasteiger partial charge in [-0.05, 0) is 44.4 Å². The van der Waals surface area contributed by atoms with E-state index in [-0.39, 0.29) is 5.91 Å². The van der Waals surface area contributed by atoms with Gasteiger partial charge in [-0.15, -0.1) is 0 Å². The summed E-state index contributed by atoms with van der Waals surface area (Å²) in [7, 11) is 0. The minimum atomic E-state index is -0.397. The molecule has 1 saturated carbocycles. The van der Waals surface area contributed by atoms with Crippen molar-refractivity contribution >= 4 is 17.5 Å². The Hall–Kier alpha value is -1.88. The van der Waals surface area contributed by atoms with Crippen molar-refractivity contribution in [3.05, 3.63) is 29.8 Å². The second kappa shape index (κ2) is 9.08. The summed E-state index contributed by atoms with van der Waals surface area (Å²) in [6.45, 7) is 9.85. The van der Waals surface area contributed by atoms with Crippen molar-refractivity contribution < 1.29 is 9.59 Å². The Balaban J connectivity index is 1.79. The molecule has 0 bridgehead atoms. The van der Waals surface area contributed by atoms with Gasteiger partial charge >= 0.3 is 0 Å². The molecule has 0 atom stereocenters. The van der Waals surface area contributed by atoms with Crippen molar-refractivity contribution in [3.8, 4) is 0 Å². The minimum Gasteiger partial charge on any atom is -0.339 e. The number of hydrogen-bond donors (Lipinski definition) is 1. The third kappa shape index (κ3) is 4.40. The Bertz CT molecular complexity index is 670. The molecule has 3 rings (SSSR count). The van der Waals surface area contributed by atoms with Crippen LogP contribution in [0.2, 0.25) is 0 Å². The van der Waals surface area contributed by atoms with Crippen molar-refractivity contribution in [1.82, 2.24) is 9.80 Å². The molecule has 28 heavy (non-hydrogen) atoms. The summed E-state index contributed by atoms with van der Waals surface area (Å²) in [4.78, 5) is 29.9. The predicted octanol–water partition coefficient (Wildman–Crippen LogP) is 3.79. The molecule has 1 aliphatic carbocycles. The fourth-order valence-electron chi connectivity index (χ4n) is 4.65. The van der Waals surface area contributed by atoms with Gasteiger partial charge in [0.15, 0.2) is 0 Å². The Labute approximate surface area is 169 Å². The van der Waals surface area contributed by atoms with E-state index < -0.39 is 5.41 Å². The van der Waals surface area contributed by atoms with Crippen molar-refractivity contribution in [2.24, 2.45) is 0 Å². The summed E-state index contributed by atoms with van der Waals surface area (Å²) >= 11 is 0. The van der Waals surface area contributed by atoms with Gasteiger partial charge in [0.05, 0.1) is 5.41 Å². The molecule has 0 aromatic heterocycles. The van der Waals surface area contributed by atoms with Crippen LogP contribution in [-0.4, -0.2) is 53.8 Å². The van der Waals surface area contributed by atoms with E-state index in [1.807, 2.05) is 19.1 Å². The quantitative estimate of drug-likeness (QED) is 0.839. The largest absolute Gasteiger partial charge is 0.339 e. The minimum absolute atomic E-state index is 0.0132. The van der Waals surface area contributed by atoms with Crippen molar-refractivity contribution in [1.29, 1.82) is 0 Å². The van der Waals surface area contributed by atoms with E-state index in [1.54, 1.807) is 0 Å². The zero-order chi connectivity index (χ0) is 20.1. The van der Waals surface area contributed by atoms with E-state index in [9.17, 15) is 9.59 Å². The molecule has 5 nitrogen and oxygen atoms in total. The van der Waals surface area contributed by atoms with E-state index in [0.717, 1.165) is 63.1 Å². The Morgan fingerprint density at radius 1 is 1.00 bits per heavy atom. The number of hydrogen-bond acceptors (Lipinski definition) is 3. The highest BCUT2D eigenvalue weighted by Gasteiger charge is 2.44. The fourth-order valence-corrected chi connectivity index (χ4v) is 4.65. The second-order valence-corrected chi connectivity index (χ2v) is 8.54. The highest BCUT2D eigenvalue weighted by atomic mass is 16.2. The molecule has 2 aliphatic rings. The molecular weight excluding hydrogens is 350 g/mol. The van der Waals surface area contributed by atoms with Gasteiger partial charge in [0.25, 0.3) is 0 Å². The first-order valence-corrected chi connectivity index (χ1v) is 10.9. The third-order valence-corrected chi connectivity index (χ3v) is 6.49. The van der Waals surface area contributed by atoms with E-state index in [1.165, 1.54) is 6.42 Å². The van der Waals surface area contributed by atoms with Crippen LogP contribution < -0.4 is 5.32 Å². The zero-order valence-electron chi connectivity index (χ0n) is 17.7. The van der Waals surface area contributed by atoms with E-state index >= 15 is 0 Å². The van der Waals surface area contributed by atoms with E-state index in [2.05, 4.69) is 41.1 Å². The molecule has 1 N–H and O–H groups in total. The first kappa shape index (κ1) is 20.8. The van der Waals surface area contributed by atoms with Crippen molar-refractivity contribution in [2.75, 3.05) is 31.5 Å². The first-order chi connectivity index (χ1) is 13.5. The van der Waals surface area contributed by atoms with Crippen LogP contribution in [0.25, 0.3) is 0 Å². The lowest BCUT2D eigenvalue weighted by atomic mass is 9.68. The number of rotatable bonds is 5. The molecule has 1 aromatic carbocycles. The van der Waals surface area contributed by atoms with Crippen molar-refractivity contribution in [3.63, 3.8) is 0 Å². The highest BCUT2D eigenvalue weighted by molar-refractivity contribution is 5.91. The van der Waals surface area contributed by atoms with Gasteiger partial charge < -0.3 is 10.2 Å². The van der Waals surface area contributed by atoms with Crippen LogP contribution in [0.5, 0.6) is 0 Å². The maximum absolute atomic E-state index is 13.7. The smallest absolute Gasteiger partial charge is 0.233 e. The molecular formula is C23H35N3O2. The molecule has 1 aromatic rings. The first-order valence-electron chi connectivity index (χ1n) is 10.9. The lowest BCUT2D eigenvalue weighted by Gasteiger charge is -2.44. The maximum Gasteiger partial charge on any atom is 0.233 e. The Morgan fingerprint density at radius 3 is 2.14 bits per heavy atom. The molecule has 0 radical (unpaired) electrons. The van der Waals surface area contributed by atoms with E-state index in [4.69, 9.17) is 0 Å². The monoisotopic (exact) mass is 385 g/mol. The van der Waals surface area contributed by atoms with Crippen LogP contribution in [0.4, 0.5) is 5.69 Å². The normalized spacial score (nSPS) is 20.2. The van der Waals surface area contributed by atoms with Crippen LogP contribution in [0.15, 0.2) is 24.3 Å². The fraction of sp³-hybridized carbons (Fsp3) is 0.652. The van der Waals surface area contributed by atoms with Crippen LogP contribution in [0.3, 0.4) is 0 Å². The number of piperazine rings is 1. The molecule has 2 fully saturated rings. The molecule has 1 aliphatic heterocycles. The topological polar surface area (TPSA) is 52.7 Å². The van der Waals surface area contributed by atoms with Gasteiger partial charge in [-0.3, -0.25) is 14.5 Å². The summed E-state index contributed by atoms with van der Waals surface area (Å²) in [5.74, 6) is 0.320. The van der Waals surface area contributed by atoms with Gasteiger partial charge in [-0.1, -0.05) is 38.3 Å². The average Bonchev–Trinajstić information content (AvgIpc) is 2.74. The average molecular weight is 386 g/mol. The number of amides is 2. The van der Waals surface area contributed by atoms with Gasteiger partial charge in [0.1, 0.15) is 0 Å². The molecule has 2 amide bonds. The number of anilines is 1. The third-order valence-electron chi connectivity index (χ3n) is 6.49. The summed E-state index contributed by atoms with van der Waals surface area (Å²) < 4.78 is 0. The maximum atomic E-state index is 13.7. The van der Waals surface area contributed by atoms with Crippen LogP contribution in [0.1, 0.15) is 64.9 Å². The molecule has 1 saturated heterocycles. The van der Waals surface area contributed by atoms with Crippen LogP contribution >= 0.6 is 0 Å². The number of nitrogens with one attached hydrogen (secondary N) is 1. The molecule has 154 valence electrons. The molecule has 1 heterocycles. The summed E-state index contributed by atoms with van der Waals surface area (Å²) in [6.07, 6.45) is 5.74. The SMILES string of the molecule is CCC(=O)Nc1ccc(C2(C(=O)N3CCN(C(C)C)CC3)CCCCC2)cc1.